The monoisotopic (exact) mass is 201 g/mol. The van der Waals surface area contributed by atoms with Crippen LogP contribution in [0.15, 0.2) is 0 Å². The first-order valence-electron chi connectivity index (χ1n) is 4.50. The highest BCUT2D eigenvalue weighted by molar-refractivity contribution is 5.90. The Hall–Kier alpha value is -1.14. The number of nitrogens with two attached hydrogens (primary N) is 1. The van der Waals surface area contributed by atoms with Crippen LogP contribution in [0.4, 0.5) is 0 Å². The van der Waals surface area contributed by atoms with Crippen LogP contribution in [0.3, 0.4) is 0 Å². The molecule has 6 heteroatoms. The third-order valence-corrected chi connectivity index (χ3v) is 2.08. The highest BCUT2D eigenvalue weighted by Gasteiger charge is 2.29. The Labute approximate surface area is 82.1 Å². The summed E-state index contributed by atoms with van der Waals surface area (Å²) in [5, 5.41) is 2.51. The molecule has 1 fully saturated rings. The molecule has 4 N–H and O–H groups in total. The van der Waals surface area contributed by atoms with Gasteiger partial charge in [0.15, 0.2) is 0 Å². The molecule has 0 aromatic heterocycles. The minimum Gasteiger partial charge on any atom is -0.341 e. The number of hydroxylamine groups is 1. The van der Waals surface area contributed by atoms with Gasteiger partial charge in [-0.3, -0.25) is 14.4 Å². The Balaban J connectivity index is 2.44. The first kappa shape index (κ1) is 10.9. The van der Waals surface area contributed by atoms with E-state index >= 15 is 0 Å². The molecule has 1 aliphatic rings. The van der Waals surface area contributed by atoms with Crippen LogP contribution < -0.4 is 16.5 Å². The van der Waals surface area contributed by atoms with Gasteiger partial charge < -0.3 is 11.1 Å². The van der Waals surface area contributed by atoms with Crippen LogP contribution in [0.2, 0.25) is 0 Å². The quantitative estimate of drug-likeness (QED) is 0.519. The largest absolute Gasteiger partial charge is 0.341 e. The Morgan fingerprint density at radius 1 is 1.71 bits per heavy atom. The van der Waals surface area contributed by atoms with E-state index in [9.17, 15) is 9.59 Å². The number of rotatable bonds is 3. The predicted octanol–water partition coefficient (Wildman–Crippen LogP) is -1.48. The van der Waals surface area contributed by atoms with Gasteiger partial charge in [0.05, 0.1) is 6.04 Å². The normalized spacial score (nSPS) is 23.4. The number of carbonyl (C=O) groups is 2. The predicted molar refractivity (Wildman–Crippen MR) is 48.8 cm³/mol. The molecule has 0 aromatic carbocycles. The molecule has 1 aliphatic heterocycles. The van der Waals surface area contributed by atoms with Crippen LogP contribution >= 0.6 is 0 Å². The van der Waals surface area contributed by atoms with Crippen molar-refractivity contribution >= 4 is 11.8 Å². The summed E-state index contributed by atoms with van der Waals surface area (Å²) in [5.74, 6) is -0.625. The molecule has 2 atom stereocenters. The summed E-state index contributed by atoms with van der Waals surface area (Å²) in [5.41, 5.74) is 7.75. The third kappa shape index (κ3) is 2.43. The summed E-state index contributed by atoms with van der Waals surface area (Å²) in [4.78, 5) is 27.1. The van der Waals surface area contributed by atoms with Crippen LogP contribution in [-0.4, -0.2) is 30.5 Å². The molecule has 1 rings (SSSR count). The highest BCUT2D eigenvalue weighted by atomic mass is 16.7. The van der Waals surface area contributed by atoms with E-state index in [1.165, 1.54) is 0 Å². The zero-order chi connectivity index (χ0) is 10.7. The lowest BCUT2D eigenvalue weighted by Crippen LogP contribution is -2.50. The van der Waals surface area contributed by atoms with E-state index in [4.69, 9.17) is 5.73 Å². The van der Waals surface area contributed by atoms with E-state index in [2.05, 4.69) is 15.6 Å². The number of hydrogen-bond donors (Lipinski definition) is 3. The topological polar surface area (TPSA) is 93.5 Å². The van der Waals surface area contributed by atoms with Gasteiger partial charge in [-0.05, 0) is 5.92 Å². The average Bonchev–Trinajstić information content (AvgIpc) is 2.50. The molecule has 0 spiro atoms. The van der Waals surface area contributed by atoms with Crippen molar-refractivity contribution in [3.05, 3.63) is 0 Å². The molecule has 80 valence electrons. The molecule has 0 unspecified atom stereocenters. The van der Waals surface area contributed by atoms with Crippen molar-refractivity contribution in [1.82, 2.24) is 10.8 Å². The fourth-order valence-corrected chi connectivity index (χ4v) is 1.02. The Kier molecular flexibility index (Phi) is 3.43. The smallest absolute Gasteiger partial charge is 0.268 e. The lowest BCUT2D eigenvalue weighted by molar-refractivity contribution is -0.129. The summed E-state index contributed by atoms with van der Waals surface area (Å²) in [7, 11) is 0. The van der Waals surface area contributed by atoms with Crippen LogP contribution in [0, 0.1) is 5.92 Å². The van der Waals surface area contributed by atoms with Gasteiger partial charge in [-0.25, -0.2) is 5.48 Å². The average molecular weight is 201 g/mol. The summed E-state index contributed by atoms with van der Waals surface area (Å²) >= 11 is 0. The van der Waals surface area contributed by atoms with Gasteiger partial charge in [0.2, 0.25) is 5.91 Å². The number of amides is 2. The molecule has 0 radical (unpaired) electrons. The van der Waals surface area contributed by atoms with Gasteiger partial charge in [-0.2, -0.15) is 0 Å². The Morgan fingerprint density at radius 2 is 2.36 bits per heavy atom. The number of nitrogens with one attached hydrogen (secondary N) is 2. The zero-order valence-corrected chi connectivity index (χ0v) is 8.24. The highest BCUT2D eigenvalue weighted by Crippen LogP contribution is 2.00. The molecule has 0 bridgehead atoms. The maximum atomic E-state index is 11.4. The van der Waals surface area contributed by atoms with Crippen LogP contribution in [-0.2, 0) is 14.4 Å². The molecular formula is C8H15N3O3. The van der Waals surface area contributed by atoms with Gasteiger partial charge >= 0.3 is 0 Å². The number of carbonyl (C=O) groups excluding carboxylic acids is 2. The fourth-order valence-electron chi connectivity index (χ4n) is 1.02. The maximum Gasteiger partial charge on any atom is 0.268 e. The molecule has 0 aliphatic carbocycles. The summed E-state index contributed by atoms with van der Waals surface area (Å²) < 4.78 is 0. The van der Waals surface area contributed by atoms with Crippen molar-refractivity contribution in [2.75, 3.05) is 6.61 Å². The minimum atomic E-state index is -0.618. The van der Waals surface area contributed by atoms with Gasteiger partial charge in [0.1, 0.15) is 12.6 Å². The summed E-state index contributed by atoms with van der Waals surface area (Å²) in [6, 6.07) is -1.21. The molecule has 0 saturated carbocycles. The van der Waals surface area contributed by atoms with Gasteiger partial charge in [-0.15, -0.1) is 0 Å². The third-order valence-electron chi connectivity index (χ3n) is 2.08. The molecule has 2 amide bonds. The Morgan fingerprint density at radius 3 is 2.79 bits per heavy atom. The second kappa shape index (κ2) is 4.39. The van der Waals surface area contributed by atoms with E-state index in [1.807, 2.05) is 13.8 Å². The van der Waals surface area contributed by atoms with Crippen molar-refractivity contribution in [1.29, 1.82) is 0 Å². The first-order chi connectivity index (χ1) is 6.52. The van der Waals surface area contributed by atoms with Crippen molar-refractivity contribution in [2.24, 2.45) is 11.7 Å². The minimum absolute atomic E-state index is 0.0420. The lowest BCUT2D eigenvalue weighted by Gasteiger charge is -2.16. The lowest BCUT2D eigenvalue weighted by atomic mass is 10.0. The van der Waals surface area contributed by atoms with E-state index < -0.39 is 12.1 Å². The van der Waals surface area contributed by atoms with Crippen molar-refractivity contribution in [3.63, 3.8) is 0 Å². The van der Waals surface area contributed by atoms with Gasteiger partial charge in [0.25, 0.3) is 5.91 Å². The van der Waals surface area contributed by atoms with Gasteiger partial charge in [-0.1, -0.05) is 13.8 Å². The molecular weight excluding hydrogens is 186 g/mol. The Bertz CT molecular complexity index is 242. The fraction of sp³-hybridized carbons (Fsp3) is 0.750. The standard InChI is InChI=1S/C8H15N3O3/c1-4(2)6(9)8(13)10-5-3-14-11-7(5)12/h4-6H,3,9H2,1-2H3,(H,10,13)(H,11,12)/t5-,6+/m1/s1. The van der Waals surface area contributed by atoms with Crippen molar-refractivity contribution in [2.45, 2.75) is 25.9 Å². The molecule has 1 saturated heterocycles. The molecule has 1 heterocycles. The van der Waals surface area contributed by atoms with E-state index in [-0.39, 0.29) is 24.3 Å². The number of hydrogen-bond acceptors (Lipinski definition) is 4. The van der Waals surface area contributed by atoms with Crippen molar-refractivity contribution < 1.29 is 14.4 Å². The molecule has 0 aromatic rings. The van der Waals surface area contributed by atoms with Crippen LogP contribution in [0.25, 0.3) is 0 Å². The summed E-state index contributed by atoms with van der Waals surface area (Å²) in [6.07, 6.45) is 0. The van der Waals surface area contributed by atoms with E-state index in [1.54, 1.807) is 0 Å². The zero-order valence-electron chi connectivity index (χ0n) is 8.24. The van der Waals surface area contributed by atoms with Crippen molar-refractivity contribution in [3.8, 4) is 0 Å². The van der Waals surface area contributed by atoms with Gasteiger partial charge in [0, 0.05) is 0 Å². The molecule has 14 heavy (non-hydrogen) atoms. The second-order valence-corrected chi connectivity index (χ2v) is 3.61. The maximum absolute atomic E-state index is 11.4. The second-order valence-electron chi connectivity index (χ2n) is 3.61. The molecule has 6 nitrogen and oxygen atoms in total. The summed E-state index contributed by atoms with van der Waals surface area (Å²) in [6.45, 7) is 3.83. The van der Waals surface area contributed by atoms with E-state index in [0.29, 0.717) is 0 Å². The van der Waals surface area contributed by atoms with Crippen LogP contribution in [0.1, 0.15) is 13.8 Å². The van der Waals surface area contributed by atoms with Crippen LogP contribution in [0.5, 0.6) is 0 Å². The first-order valence-corrected chi connectivity index (χ1v) is 4.50. The van der Waals surface area contributed by atoms with E-state index in [0.717, 1.165) is 0 Å². The SMILES string of the molecule is CC(C)[C@H](N)C(=O)N[C@@H]1CONC1=O.